The molecule has 0 spiro atoms. The van der Waals surface area contributed by atoms with E-state index in [0.717, 1.165) is 26.2 Å². The molecule has 0 bridgehead atoms. The Kier molecular flexibility index (Phi) is 4.89. The second kappa shape index (κ2) is 6.65. The van der Waals surface area contributed by atoms with E-state index in [9.17, 15) is 0 Å². The number of likely N-dealkylation sites (N-methyl/N-ethyl adjacent to an activating group) is 1. The van der Waals surface area contributed by atoms with Gasteiger partial charge in [0.1, 0.15) is 0 Å². The van der Waals surface area contributed by atoms with Crippen LogP contribution in [0.2, 0.25) is 0 Å². The fraction of sp³-hybridized carbons (Fsp3) is 0.600. The summed E-state index contributed by atoms with van der Waals surface area (Å²) in [6.45, 7) is 6.36. The molecule has 2 unspecified atom stereocenters. The lowest BCUT2D eigenvalue weighted by Crippen LogP contribution is -2.38. The molecule has 19 heavy (non-hydrogen) atoms. The molecule has 0 aliphatic carbocycles. The highest BCUT2D eigenvalue weighted by molar-refractivity contribution is 5.09. The Morgan fingerprint density at radius 3 is 2.74 bits per heavy atom. The van der Waals surface area contributed by atoms with Gasteiger partial charge in [0.2, 0.25) is 0 Å². The molecule has 1 aliphatic rings. The van der Waals surface area contributed by atoms with Crippen molar-refractivity contribution in [1.82, 2.24) is 14.8 Å². The molecule has 1 aromatic rings. The number of rotatable bonds is 3. The van der Waals surface area contributed by atoms with Crippen LogP contribution in [0.5, 0.6) is 0 Å². The maximum Gasteiger partial charge on any atom is 0.0638 e. The van der Waals surface area contributed by atoms with Crippen molar-refractivity contribution in [1.29, 1.82) is 5.26 Å². The number of nitrogens with zero attached hydrogens (tertiary/aromatic N) is 4. The molecular weight excluding hydrogens is 236 g/mol. The topological polar surface area (TPSA) is 43.2 Å². The van der Waals surface area contributed by atoms with Crippen molar-refractivity contribution in [3.8, 4) is 6.07 Å². The van der Waals surface area contributed by atoms with Crippen LogP contribution in [-0.4, -0.2) is 47.5 Å². The highest BCUT2D eigenvalue weighted by Crippen LogP contribution is 2.16. The summed E-state index contributed by atoms with van der Waals surface area (Å²) in [7, 11) is 2.13. The van der Waals surface area contributed by atoms with Crippen molar-refractivity contribution in [2.75, 3.05) is 26.7 Å². The number of hydrogen-bond donors (Lipinski definition) is 0. The maximum atomic E-state index is 8.97. The monoisotopic (exact) mass is 258 g/mol. The minimum Gasteiger partial charge on any atom is -0.301 e. The number of nitriles is 1. The molecule has 0 radical (unpaired) electrons. The first kappa shape index (κ1) is 14.0. The largest absolute Gasteiger partial charge is 0.301 e. The van der Waals surface area contributed by atoms with Gasteiger partial charge in [0.05, 0.1) is 12.5 Å². The summed E-state index contributed by atoms with van der Waals surface area (Å²) < 4.78 is 0. The molecule has 1 saturated heterocycles. The summed E-state index contributed by atoms with van der Waals surface area (Å²) in [5.41, 5.74) is 1.29. The Labute approximate surface area is 115 Å². The van der Waals surface area contributed by atoms with E-state index in [1.165, 1.54) is 5.56 Å². The molecular formula is C15H22N4. The van der Waals surface area contributed by atoms with Gasteiger partial charge in [-0.15, -0.1) is 0 Å². The Balaban J connectivity index is 2.04. The van der Waals surface area contributed by atoms with E-state index in [1.807, 2.05) is 12.4 Å². The predicted molar refractivity (Wildman–Crippen MR) is 75.3 cm³/mol. The second-order valence-corrected chi connectivity index (χ2v) is 5.61. The first-order valence-electron chi connectivity index (χ1n) is 6.87. The van der Waals surface area contributed by atoms with Crippen LogP contribution >= 0.6 is 0 Å². The molecule has 0 N–H and O–H groups in total. The Bertz CT molecular complexity index is 426. The van der Waals surface area contributed by atoms with E-state index in [4.69, 9.17) is 5.26 Å². The number of aromatic nitrogens is 1. The summed E-state index contributed by atoms with van der Waals surface area (Å²) in [5.74, 6) is 0.635. The zero-order valence-electron chi connectivity index (χ0n) is 11.8. The molecule has 1 aliphatic heterocycles. The normalized spacial score (nSPS) is 25.7. The third-order valence-electron chi connectivity index (χ3n) is 3.74. The van der Waals surface area contributed by atoms with Crippen LogP contribution in [0, 0.1) is 17.2 Å². The van der Waals surface area contributed by atoms with Crippen molar-refractivity contribution in [3.05, 3.63) is 30.1 Å². The second-order valence-electron chi connectivity index (χ2n) is 5.61. The van der Waals surface area contributed by atoms with Crippen LogP contribution in [-0.2, 0) is 6.54 Å². The van der Waals surface area contributed by atoms with Gasteiger partial charge in [-0.05, 0) is 30.7 Å². The van der Waals surface area contributed by atoms with Gasteiger partial charge in [0.25, 0.3) is 0 Å². The lowest BCUT2D eigenvalue weighted by Gasteiger charge is -2.27. The van der Waals surface area contributed by atoms with Gasteiger partial charge < -0.3 is 4.90 Å². The smallest absolute Gasteiger partial charge is 0.0638 e. The Morgan fingerprint density at radius 2 is 2.05 bits per heavy atom. The molecule has 2 heterocycles. The zero-order chi connectivity index (χ0) is 13.7. The summed E-state index contributed by atoms with van der Waals surface area (Å²) in [5, 5.41) is 8.97. The third kappa shape index (κ3) is 4.02. The first-order chi connectivity index (χ1) is 9.19. The van der Waals surface area contributed by atoms with Gasteiger partial charge >= 0.3 is 0 Å². The van der Waals surface area contributed by atoms with Crippen molar-refractivity contribution >= 4 is 0 Å². The average molecular weight is 258 g/mol. The molecule has 2 atom stereocenters. The highest BCUT2D eigenvalue weighted by atomic mass is 15.2. The Hall–Kier alpha value is -1.44. The fourth-order valence-electron chi connectivity index (χ4n) is 2.85. The van der Waals surface area contributed by atoms with Crippen molar-refractivity contribution in [2.45, 2.75) is 25.9 Å². The standard InChI is InChI=1S/C15H22N4/c1-13-9-18(2)15(3-6-16)12-19(10-13)11-14-4-7-17-8-5-14/h4-5,7-8,13,15H,3,9-12H2,1-2H3. The van der Waals surface area contributed by atoms with Gasteiger partial charge in [-0.1, -0.05) is 6.92 Å². The van der Waals surface area contributed by atoms with Crippen LogP contribution in [0.3, 0.4) is 0 Å². The van der Waals surface area contributed by atoms with E-state index in [-0.39, 0.29) is 0 Å². The average Bonchev–Trinajstić information content (AvgIpc) is 2.50. The third-order valence-corrected chi connectivity index (χ3v) is 3.74. The highest BCUT2D eigenvalue weighted by Gasteiger charge is 2.25. The minimum atomic E-state index is 0.344. The zero-order valence-corrected chi connectivity index (χ0v) is 11.8. The molecule has 1 aromatic heterocycles. The van der Waals surface area contributed by atoms with Crippen LogP contribution < -0.4 is 0 Å². The van der Waals surface area contributed by atoms with Gasteiger partial charge in [-0.2, -0.15) is 5.26 Å². The van der Waals surface area contributed by atoms with Gasteiger partial charge in [0.15, 0.2) is 0 Å². The summed E-state index contributed by atoms with van der Waals surface area (Å²) in [6, 6.07) is 6.80. The maximum absolute atomic E-state index is 8.97. The molecule has 4 nitrogen and oxygen atoms in total. The quantitative estimate of drug-likeness (QED) is 0.828. The van der Waals surface area contributed by atoms with Crippen molar-refractivity contribution in [3.63, 3.8) is 0 Å². The molecule has 102 valence electrons. The molecule has 0 aromatic carbocycles. The van der Waals surface area contributed by atoms with Crippen LogP contribution in [0.15, 0.2) is 24.5 Å². The first-order valence-corrected chi connectivity index (χ1v) is 6.87. The molecule has 2 rings (SSSR count). The Morgan fingerprint density at radius 1 is 1.32 bits per heavy atom. The van der Waals surface area contributed by atoms with Gasteiger partial charge in [-0.3, -0.25) is 9.88 Å². The fourth-order valence-corrected chi connectivity index (χ4v) is 2.85. The number of pyridine rings is 1. The van der Waals surface area contributed by atoms with E-state index in [0.29, 0.717) is 18.4 Å². The summed E-state index contributed by atoms with van der Waals surface area (Å²) >= 11 is 0. The lowest BCUT2D eigenvalue weighted by molar-refractivity contribution is 0.205. The van der Waals surface area contributed by atoms with E-state index < -0.39 is 0 Å². The van der Waals surface area contributed by atoms with E-state index in [2.05, 4.69) is 47.0 Å². The van der Waals surface area contributed by atoms with Gasteiger partial charge in [-0.25, -0.2) is 0 Å². The molecule has 4 heteroatoms. The van der Waals surface area contributed by atoms with Crippen molar-refractivity contribution in [2.24, 2.45) is 5.92 Å². The summed E-state index contributed by atoms with van der Waals surface area (Å²) in [6.07, 6.45) is 4.29. The van der Waals surface area contributed by atoms with Gasteiger partial charge in [0, 0.05) is 44.6 Å². The van der Waals surface area contributed by atoms with Crippen LogP contribution in [0.4, 0.5) is 0 Å². The lowest BCUT2D eigenvalue weighted by atomic mass is 10.1. The van der Waals surface area contributed by atoms with Crippen molar-refractivity contribution < 1.29 is 0 Å². The van der Waals surface area contributed by atoms with Crippen LogP contribution in [0.25, 0.3) is 0 Å². The van der Waals surface area contributed by atoms with Crippen LogP contribution in [0.1, 0.15) is 18.9 Å². The molecule has 0 saturated carbocycles. The minimum absolute atomic E-state index is 0.344. The SMILES string of the molecule is CC1CN(Cc2ccncc2)CC(CC#N)N(C)C1. The molecule has 0 amide bonds. The molecule has 1 fully saturated rings. The van der Waals surface area contributed by atoms with E-state index in [1.54, 1.807) is 0 Å². The van der Waals surface area contributed by atoms with E-state index >= 15 is 0 Å². The summed E-state index contributed by atoms with van der Waals surface area (Å²) in [4.78, 5) is 8.86. The number of hydrogen-bond acceptors (Lipinski definition) is 4. The predicted octanol–water partition coefficient (Wildman–Crippen LogP) is 1.75.